The molecular weight excluding hydrogens is 223 g/mol. The molecule has 4 nitrogen and oxygen atoms in total. The van der Waals surface area contributed by atoms with Gasteiger partial charge in [0.05, 0.1) is 11.3 Å². The summed E-state index contributed by atoms with van der Waals surface area (Å²) in [5, 5.41) is 0. The molecule has 1 unspecified atom stereocenters. The van der Waals surface area contributed by atoms with Gasteiger partial charge in [-0.15, -0.1) is 0 Å². The summed E-state index contributed by atoms with van der Waals surface area (Å²) in [6.45, 7) is 2.61. The number of amides is 1. The number of hydrogen-bond acceptors (Lipinski definition) is 3. The Morgan fingerprint density at radius 1 is 1.41 bits per heavy atom. The minimum atomic E-state index is -0.606. The normalized spacial score (nSPS) is 16.3. The maximum absolute atomic E-state index is 13.1. The van der Waals surface area contributed by atoms with Crippen LogP contribution in [-0.4, -0.2) is 24.8 Å². The van der Waals surface area contributed by atoms with Gasteiger partial charge in [-0.25, -0.2) is 4.39 Å². The number of halogens is 1. The first-order valence-corrected chi connectivity index (χ1v) is 5.40. The number of benzene rings is 1. The fraction of sp³-hybridized carbons (Fsp3) is 0.333. The molecule has 90 valence electrons. The predicted molar refractivity (Wildman–Crippen MR) is 61.3 cm³/mol. The van der Waals surface area contributed by atoms with E-state index in [2.05, 4.69) is 0 Å². The van der Waals surface area contributed by atoms with Crippen LogP contribution in [0.5, 0.6) is 0 Å². The van der Waals surface area contributed by atoms with Crippen LogP contribution in [0.25, 0.3) is 0 Å². The third kappa shape index (κ3) is 1.93. The van der Waals surface area contributed by atoms with Crippen molar-refractivity contribution in [2.45, 2.75) is 6.92 Å². The van der Waals surface area contributed by atoms with E-state index < -0.39 is 17.5 Å². The van der Waals surface area contributed by atoms with Crippen molar-refractivity contribution in [2.75, 3.05) is 18.0 Å². The number of rotatable bonds is 3. The lowest BCUT2D eigenvalue weighted by Crippen LogP contribution is -2.35. The molecule has 1 aromatic carbocycles. The van der Waals surface area contributed by atoms with E-state index >= 15 is 0 Å². The van der Waals surface area contributed by atoms with Gasteiger partial charge in [0.15, 0.2) is 0 Å². The highest BCUT2D eigenvalue weighted by Gasteiger charge is 2.36. The smallest absolute Gasteiger partial charge is 0.299 e. The summed E-state index contributed by atoms with van der Waals surface area (Å²) in [7, 11) is 0. The van der Waals surface area contributed by atoms with E-state index in [0.717, 1.165) is 0 Å². The van der Waals surface area contributed by atoms with Crippen LogP contribution >= 0.6 is 0 Å². The van der Waals surface area contributed by atoms with Gasteiger partial charge in [-0.05, 0) is 30.7 Å². The Morgan fingerprint density at radius 3 is 2.76 bits per heavy atom. The Hall–Kier alpha value is -1.75. The third-order valence-corrected chi connectivity index (χ3v) is 2.83. The lowest BCUT2D eigenvalue weighted by molar-refractivity contribution is -0.114. The first-order valence-electron chi connectivity index (χ1n) is 5.40. The summed E-state index contributed by atoms with van der Waals surface area (Å²) in [6, 6.07) is 3.74. The maximum atomic E-state index is 13.1. The summed E-state index contributed by atoms with van der Waals surface area (Å²) in [5.74, 6) is -1.59. The molecular formula is C12H13FN2O2. The number of ketones is 1. The second-order valence-corrected chi connectivity index (χ2v) is 4.25. The molecule has 0 radical (unpaired) electrons. The highest BCUT2D eigenvalue weighted by Crippen LogP contribution is 2.30. The maximum Gasteiger partial charge on any atom is 0.299 e. The Kier molecular flexibility index (Phi) is 2.93. The van der Waals surface area contributed by atoms with E-state index in [-0.39, 0.29) is 11.5 Å². The molecule has 1 atom stereocenters. The van der Waals surface area contributed by atoms with E-state index in [9.17, 15) is 14.0 Å². The van der Waals surface area contributed by atoms with E-state index in [1.165, 1.54) is 23.1 Å². The molecule has 0 aromatic heterocycles. The average Bonchev–Trinajstić information content (AvgIpc) is 2.54. The van der Waals surface area contributed by atoms with Crippen molar-refractivity contribution >= 4 is 17.4 Å². The zero-order valence-corrected chi connectivity index (χ0v) is 9.44. The molecule has 17 heavy (non-hydrogen) atoms. The van der Waals surface area contributed by atoms with E-state index in [4.69, 9.17) is 5.73 Å². The van der Waals surface area contributed by atoms with Gasteiger partial charge >= 0.3 is 0 Å². The number of Topliss-reactive ketones (excluding diaryl/α,β-unsaturated/α-hetero) is 1. The zero-order chi connectivity index (χ0) is 12.6. The predicted octanol–water partition coefficient (Wildman–Crippen LogP) is 0.950. The molecule has 1 aliphatic rings. The molecule has 1 aromatic rings. The summed E-state index contributed by atoms with van der Waals surface area (Å²) in [5.41, 5.74) is 6.10. The van der Waals surface area contributed by atoms with Crippen LogP contribution in [0.1, 0.15) is 17.3 Å². The van der Waals surface area contributed by atoms with Crippen molar-refractivity contribution in [3.63, 3.8) is 0 Å². The van der Waals surface area contributed by atoms with Crippen LogP contribution in [0.4, 0.5) is 10.1 Å². The van der Waals surface area contributed by atoms with Crippen LogP contribution in [-0.2, 0) is 4.79 Å². The van der Waals surface area contributed by atoms with Crippen molar-refractivity contribution < 1.29 is 14.0 Å². The Morgan fingerprint density at radius 2 is 2.12 bits per heavy atom. The molecule has 1 aliphatic heterocycles. The topological polar surface area (TPSA) is 63.4 Å². The molecule has 5 heteroatoms. The SMILES string of the molecule is CC(CN)CN1C(=O)C(=O)c2ccc(F)cc21. The van der Waals surface area contributed by atoms with Crippen LogP contribution < -0.4 is 10.6 Å². The average molecular weight is 236 g/mol. The quantitative estimate of drug-likeness (QED) is 0.795. The van der Waals surface area contributed by atoms with Gasteiger partial charge in [-0.1, -0.05) is 6.92 Å². The number of nitrogens with two attached hydrogens (primary N) is 1. The fourth-order valence-corrected chi connectivity index (χ4v) is 1.83. The van der Waals surface area contributed by atoms with Crippen molar-refractivity contribution in [3.05, 3.63) is 29.6 Å². The lowest BCUT2D eigenvalue weighted by atomic mass is 10.1. The molecule has 0 saturated carbocycles. The van der Waals surface area contributed by atoms with Gasteiger partial charge in [0, 0.05) is 6.54 Å². The second kappa shape index (κ2) is 4.25. The third-order valence-electron chi connectivity index (χ3n) is 2.83. The van der Waals surface area contributed by atoms with E-state index in [0.29, 0.717) is 18.8 Å². The second-order valence-electron chi connectivity index (χ2n) is 4.25. The van der Waals surface area contributed by atoms with Crippen molar-refractivity contribution in [2.24, 2.45) is 11.7 Å². The summed E-state index contributed by atoms with van der Waals surface area (Å²) in [6.07, 6.45) is 0. The van der Waals surface area contributed by atoms with Crippen molar-refractivity contribution in [3.8, 4) is 0 Å². The van der Waals surface area contributed by atoms with E-state index in [1.807, 2.05) is 6.92 Å². The number of carbonyl (C=O) groups excluding carboxylic acids is 2. The molecule has 1 heterocycles. The first kappa shape index (κ1) is 11.7. The summed E-state index contributed by atoms with van der Waals surface area (Å²) in [4.78, 5) is 24.7. The number of anilines is 1. The molecule has 2 rings (SSSR count). The fourth-order valence-electron chi connectivity index (χ4n) is 1.83. The Balaban J connectivity index is 2.39. The van der Waals surface area contributed by atoms with Crippen molar-refractivity contribution in [1.82, 2.24) is 0 Å². The summed E-state index contributed by atoms with van der Waals surface area (Å²) >= 11 is 0. The highest BCUT2D eigenvalue weighted by molar-refractivity contribution is 6.52. The Labute approximate surface area is 98.2 Å². The van der Waals surface area contributed by atoms with Gasteiger partial charge in [-0.3, -0.25) is 9.59 Å². The molecule has 0 saturated heterocycles. The lowest BCUT2D eigenvalue weighted by Gasteiger charge is -2.20. The van der Waals surface area contributed by atoms with Gasteiger partial charge in [0.25, 0.3) is 11.7 Å². The molecule has 0 aliphatic carbocycles. The van der Waals surface area contributed by atoms with Gasteiger partial charge in [0.2, 0.25) is 0 Å². The van der Waals surface area contributed by atoms with Gasteiger partial charge in [-0.2, -0.15) is 0 Å². The van der Waals surface area contributed by atoms with Crippen LogP contribution in [0, 0.1) is 11.7 Å². The molecule has 0 bridgehead atoms. The first-order chi connectivity index (χ1) is 8.04. The van der Waals surface area contributed by atoms with Gasteiger partial charge in [0.1, 0.15) is 5.82 Å². The number of fused-ring (bicyclic) bond motifs is 1. The molecule has 1 amide bonds. The minimum absolute atomic E-state index is 0.0565. The number of hydrogen-bond donors (Lipinski definition) is 1. The minimum Gasteiger partial charge on any atom is -0.330 e. The van der Waals surface area contributed by atoms with Gasteiger partial charge < -0.3 is 10.6 Å². The number of nitrogens with zero attached hydrogens (tertiary/aromatic N) is 1. The Bertz CT molecular complexity index is 487. The molecule has 0 spiro atoms. The highest BCUT2D eigenvalue weighted by atomic mass is 19.1. The van der Waals surface area contributed by atoms with E-state index in [1.54, 1.807) is 0 Å². The molecule has 2 N–H and O–H groups in total. The number of carbonyl (C=O) groups is 2. The van der Waals surface area contributed by atoms with Crippen LogP contribution in [0.2, 0.25) is 0 Å². The standard InChI is InChI=1S/C12H13FN2O2/c1-7(5-14)6-15-10-4-8(13)2-3-9(10)11(16)12(15)17/h2-4,7H,5-6,14H2,1H3. The summed E-state index contributed by atoms with van der Waals surface area (Å²) < 4.78 is 13.1. The van der Waals surface area contributed by atoms with Crippen LogP contribution in [0.15, 0.2) is 18.2 Å². The monoisotopic (exact) mass is 236 g/mol. The molecule has 0 fully saturated rings. The largest absolute Gasteiger partial charge is 0.330 e. The van der Waals surface area contributed by atoms with Crippen molar-refractivity contribution in [1.29, 1.82) is 0 Å². The van der Waals surface area contributed by atoms with Crippen LogP contribution in [0.3, 0.4) is 0 Å². The zero-order valence-electron chi connectivity index (χ0n) is 9.44.